The summed E-state index contributed by atoms with van der Waals surface area (Å²) in [6.45, 7) is 5.16. The number of aryl methyl sites for hydroxylation is 1. The highest BCUT2D eigenvalue weighted by Crippen LogP contribution is 2.33. The predicted molar refractivity (Wildman–Crippen MR) is 116 cm³/mol. The Morgan fingerprint density at radius 1 is 1.18 bits per heavy atom. The molecule has 1 atom stereocenters. The lowest BCUT2D eigenvalue weighted by molar-refractivity contribution is -0.0555. The molecule has 0 aliphatic carbocycles. The Morgan fingerprint density at radius 2 is 1.88 bits per heavy atom. The molecule has 1 aromatic carbocycles. The van der Waals surface area contributed by atoms with E-state index in [0.29, 0.717) is 5.56 Å². The zero-order valence-electron chi connectivity index (χ0n) is 19.4. The second kappa shape index (κ2) is 11.1. The van der Waals surface area contributed by atoms with E-state index in [1.165, 1.54) is 37.0 Å². The monoisotopic (exact) mass is 484 g/mol. The van der Waals surface area contributed by atoms with Crippen molar-refractivity contribution in [1.82, 2.24) is 9.78 Å². The highest BCUT2D eigenvalue weighted by Gasteiger charge is 2.27. The van der Waals surface area contributed by atoms with Crippen molar-refractivity contribution in [3.8, 4) is 11.6 Å². The van der Waals surface area contributed by atoms with Crippen LogP contribution in [-0.4, -0.2) is 69.6 Å². The number of nitrogens with zero attached hydrogens (tertiary/aromatic N) is 2. The van der Waals surface area contributed by atoms with Crippen LogP contribution in [0.2, 0.25) is 0 Å². The van der Waals surface area contributed by atoms with Gasteiger partial charge in [0.15, 0.2) is 15.6 Å². The van der Waals surface area contributed by atoms with Gasteiger partial charge in [-0.1, -0.05) is 0 Å². The first-order valence-electron chi connectivity index (χ1n) is 10.0. The molecule has 0 N–H and O–H groups in total. The third-order valence-electron chi connectivity index (χ3n) is 4.48. The van der Waals surface area contributed by atoms with Gasteiger partial charge in [-0.05, 0) is 26.0 Å². The molecule has 1 unspecified atom stereocenters. The van der Waals surface area contributed by atoms with Crippen LogP contribution in [0.3, 0.4) is 0 Å². The molecule has 0 spiro atoms. The maximum atomic E-state index is 13.4. The fraction of sp³-hybridized carbons (Fsp3) is 0.476. The van der Waals surface area contributed by atoms with E-state index in [4.69, 9.17) is 23.7 Å². The van der Waals surface area contributed by atoms with Crippen LogP contribution in [0.4, 0.5) is 4.79 Å². The van der Waals surface area contributed by atoms with Gasteiger partial charge in [0.25, 0.3) is 0 Å². The number of ketones is 1. The molecule has 11 nitrogen and oxygen atoms in total. The molecule has 0 amide bonds. The van der Waals surface area contributed by atoms with Crippen molar-refractivity contribution in [2.45, 2.75) is 32.0 Å². The van der Waals surface area contributed by atoms with E-state index in [2.05, 4.69) is 5.10 Å². The Bertz CT molecular complexity index is 1110. The lowest BCUT2D eigenvalue weighted by Gasteiger charge is -2.17. The number of benzene rings is 1. The standard InChI is InChI=1S/C21H28N2O9S/c1-7-29-21(25)32-14(3)31-20-16(12-22-23(20)4)18(24)15-8-9-17(33(6,26)27)19(13(15)2)30-11-10-28-5/h8-9,12,14H,7,10-11H2,1-6H3. The van der Waals surface area contributed by atoms with Gasteiger partial charge in [0.05, 0.1) is 19.4 Å². The number of carbonyl (C=O) groups is 2. The Kier molecular flexibility index (Phi) is 8.83. The highest BCUT2D eigenvalue weighted by atomic mass is 32.2. The SMILES string of the molecule is CCOC(=O)OC(C)Oc1c(C(=O)c2ccc(S(C)(=O)=O)c(OCCOC)c2C)cnn1C. The van der Waals surface area contributed by atoms with Gasteiger partial charge >= 0.3 is 6.16 Å². The molecule has 0 radical (unpaired) electrons. The third kappa shape index (κ3) is 6.45. The summed E-state index contributed by atoms with van der Waals surface area (Å²) < 4.78 is 51.7. The lowest BCUT2D eigenvalue weighted by atomic mass is 10.00. The van der Waals surface area contributed by atoms with Crippen LogP contribution in [-0.2, 0) is 31.1 Å². The molecule has 2 rings (SSSR count). The molecule has 33 heavy (non-hydrogen) atoms. The van der Waals surface area contributed by atoms with E-state index in [-0.39, 0.29) is 47.5 Å². The Balaban J connectivity index is 2.42. The first kappa shape index (κ1) is 26.1. The van der Waals surface area contributed by atoms with E-state index >= 15 is 0 Å². The molecule has 0 aliphatic heterocycles. The molecule has 1 aromatic heterocycles. The van der Waals surface area contributed by atoms with Gasteiger partial charge in [-0.2, -0.15) is 5.10 Å². The van der Waals surface area contributed by atoms with Gasteiger partial charge in [0.2, 0.25) is 12.2 Å². The van der Waals surface area contributed by atoms with E-state index in [1.54, 1.807) is 20.9 Å². The van der Waals surface area contributed by atoms with E-state index in [9.17, 15) is 18.0 Å². The smallest absolute Gasteiger partial charge is 0.490 e. The minimum Gasteiger partial charge on any atom is -0.490 e. The zero-order chi connectivity index (χ0) is 24.8. The zero-order valence-corrected chi connectivity index (χ0v) is 20.2. The fourth-order valence-corrected chi connectivity index (χ4v) is 3.81. The molecule has 0 saturated heterocycles. The minimum atomic E-state index is -3.62. The van der Waals surface area contributed by atoms with E-state index in [0.717, 1.165) is 6.26 Å². The molecule has 182 valence electrons. The number of sulfone groups is 1. The Labute approximate surface area is 192 Å². The van der Waals surface area contributed by atoms with Crippen LogP contribution in [0.1, 0.15) is 35.3 Å². The third-order valence-corrected chi connectivity index (χ3v) is 5.60. The van der Waals surface area contributed by atoms with Crippen molar-refractivity contribution >= 4 is 21.8 Å². The molecule has 0 bridgehead atoms. The maximum absolute atomic E-state index is 13.4. The van der Waals surface area contributed by atoms with E-state index in [1.807, 2.05) is 0 Å². The summed E-state index contributed by atoms with van der Waals surface area (Å²) in [5.41, 5.74) is 0.631. The minimum absolute atomic E-state index is 0.0354. The summed E-state index contributed by atoms with van der Waals surface area (Å²) in [7, 11) is -0.567. The van der Waals surface area contributed by atoms with Crippen molar-refractivity contribution < 1.29 is 41.7 Å². The van der Waals surface area contributed by atoms with Crippen LogP contribution in [0.15, 0.2) is 23.2 Å². The predicted octanol–water partition coefficient (Wildman–Crippen LogP) is 2.29. The van der Waals surface area contributed by atoms with Crippen molar-refractivity contribution in [2.75, 3.05) is 33.2 Å². The van der Waals surface area contributed by atoms with Crippen LogP contribution in [0.25, 0.3) is 0 Å². The number of hydrogen-bond donors (Lipinski definition) is 0. The first-order valence-corrected chi connectivity index (χ1v) is 11.9. The summed E-state index contributed by atoms with van der Waals surface area (Å²) in [4.78, 5) is 24.8. The average molecular weight is 485 g/mol. The largest absolute Gasteiger partial charge is 0.511 e. The number of ether oxygens (including phenoxy) is 5. The number of hydrogen-bond acceptors (Lipinski definition) is 10. The van der Waals surface area contributed by atoms with Crippen LogP contribution in [0.5, 0.6) is 11.6 Å². The van der Waals surface area contributed by atoms with Crippen LogP contribution >= 0.6 is 0 Å². The first-order chi connectivity index (χ1) is 15.5. The number of methoxy groups -OCH3 is 1. The topological polar surface area (TPSA) is 132 Å². The molecular weight excluding hydrogens is 456 g/mol. The second-order valence-electron chi connectivity index (χ2n) is 6.98. The molecular formula is C21H28N2O9S. The average Bonchev–Trinajstić information content (AvgIpc) is 3.08. The molecule has 0 saturated carbocycles. The second-order valence-corrected chi connectivity index (χ2v) is 8.97. The van der Waals surface area contributed by atoms with Gasteiger partial charge in [0.1, 0.15) is 22.8 Å². The fourth-order valence-electron chi connectivity index (χ4n) is 2.95. The summed E-state index contributed by atoms with van der Waals surface area (Å²) in [5.74, 6) is -0.341. The van der Waals surface area contributed by atoms with Crippen molar-refractivity contribution in [3.05, 3.63) is 35.0 Å². The Hall–Kier alpha value is -3.12. The van der Waals surface area contributed by atoms with Crippen molar-refractivity contribution in [3.63, 3.8) is 0 Å². The van der Waals surface area contributed by atoms with Gasteiger partial charge in [-0.3, -0.25) is 4.79 Å². The quantitative estimate of drug-likeness (QED) is 0.202. The normalized spacial score (nSPS) is 12.2. The number of carbonyl (C=O) groups excluding carboxylic acids is 2. The highest BCUT2D eigenvalue weighted by molar-refractivity contribution is 7.90. The summed E-state index contributed by atoms with van der Waals surface area (Å²) in [5, 5.41) is 4.06. The van der Waals surface area contributed by atoms with Crippen LogP contribution < -0.4 is 9.47 Å². The van der Waals surface area contributed by atoms with Gasteiger partial charge in [-0.25, -0.2) is 17.9 Å². The molecule has 0 fully saturated rings. The lowest BCUT2D eigenvalue weighted by Crippen LogP contribution is -2.23. The summed E-state index contributed by atoms with van der Waals surface area (Å²) >= 11 is 0. The van der Waals surface area contributed by atoms with Gasteiger partial charge in [-0.15, -0.1) is 0 Å². The molecule has 12 heteroatoms. The van der Waals surface area contributed by atoms with Crippen molar-refractivity contribution in [2.24, 2.45) is 7.05 Å². The van der Waals surface area contributed by atoms with Crippen molar-refractivity contribution in [1.29, 1.82) is 0 Å². The summed E-state index contributed by atoms with van der Waals surface area (Å²) in [6.07, 6.45) is 0.395. The maximum Gasteiger partial charge on any atom is 0.511 e. The number of rotatable bonds is 11. The van der Waals surface area contributed by atoms with Gasteiger partial charge in [0, 0.05) is 38.5 Å². The van der Waals surface area contributed by atoms with Gasteiger partial charge < -0.3 is 23.7 Å². The summed E-state index contributed by atoms with van der Waals surface area (Å²) in [6, 6.07) is 2.73. The molecule has 0 aliphatic rings. The Morgan fingerprint density at radius 3 is 2.48 bits per heavy atom. The van der Waals surface area contributed by atoms with Crippen LogP contribution in [0, 0.1) is 6.92 Å². The van der Waals surface area contributed by atoms with E-state index < -0.39 is 28.1 Å². The molecule has 1 heterocycles. The molecule has 2 aromatic rings. The number of aromatic nitrogens is 2.